The van der Waals surface area contributed by atoms with Crippen LogP contribution in [0.5, 0.6) is 0 Å². The number of hydrogen-bond donors (Lipinski definition) is 3. The van der Waals surface area contributed by atoms with Gasteiger partial charge in [0, 0.05) is 27.5 Å². The molecule has 0 spiro atoms. The number of aryl methyl sites for hydroxylation is 1. The molecule has 5 N–H and O–H groups in total. The van der Waals surface area contributed by atoms with E-state index in [1.54, 1.807) is 0 Å². The number of aliphatic carboxylic acids is 3. The first kappa shape index (κ1) is 35.4. The van der Waals surface area contributed by atoms with Crippen LogP contribution in [-0.4, -0.2) is 45.3 Å². The average molecular weight is 772 g/mol. The summed E-state index contributed by atoms with van der Waals surface area (Å²) in [7, 11) is 0. The molecular formula is C19H29N2O6Pt2-. The Morgan fingerprint density at radius 2 is 1.31 bits per heavy atom. The normalized spacial score (nSPS) is 16.5. The molecule has 1 aliphatic carbocycles. The monoisotopic (exact) mass is 771 g/mol. The maximum Gasteiger partial charge on any atom is 2.00 e. The number of benzene rings is 1. The Hall–Kier alpha value is -1.07. The number of hydrogen-bond acceptors (Lipinski definition) is 3. The van der Waals surface area contributed by atoms with Crippen LogP contribution in [0.4, 0.5) is 0 Å². The van der Waals surface area contributed by atoms with Crippen LogP contribution in [0.3, 0.4) is 0 Å². The van der Waals surface area contributed by atoms with Gasteiger partial charge in [-0.15, -0.1) is 0 Å². The van der Waals surface area contributed by atoms with Gasteiger partial charge in [-0.05, 0) is 18.4 Å². The SMILES string of the molecule is O=C(O)C(=O)O.O=C(O)CCCc1ccccc1.[CH3-].[NH-]C1CCCCC1[NH-].[Pt+2].[Pt]. The van der Waals surface area contributed by atoms with E-state index in [1.807, 2.05) is 30.3 Å². The minimum Gasteiger partial charge on any atom is -0.676 e. The standard InChI is InChI=1S/C10H12O2.C6H12N2.C2H2O4.CH3.2Pt/c11-10(12)8-4-7-9-5-2-1-3-6-9;7-5-3-1-2-4-6(5)8;3-1(4)2(5)6;;;/h1-3,5-6H,4,7-8H2,(H,11,12);5-8H,1-4H2;(H,3,4)(H,5,6);1H3;;/q;-2;;-1;;+2. The topological polar surface area (TPSA) is 160 Å². The van der Waals surface area contributed by atoms with Gasteiger partial charge in [-0.25, -0.2) is 9.59 Å². The summed E-state index contributed by atoms with van der Waals surface area (Å²) in [6.07, 6.45) is 6.08. The van der Waals surface area contributed by atoms with E-state index in [0.717, 1.165) is 25.7 Å². The second-order valence-electron chi connectivity index (χ2n) is 5.84. The molecule has 0 heterocycles. The van der Waals surface area contributed by atoms with Crippen molar-refractivity contribution in [1.82, 2.24) is 0 Å². The van der Waals surface area contributed by atoms with Crippen molar-refractivity contribution in [2.24, 2.45) is 0 Å². The van der Waals surface area contributed by atoms with Crippen molar-refractivity contribution in [3.8, 4) is 0 Å². The molecule has 29 heavy (non-hydrogen) atoms. The Balaban J connectivity index is -0.000000163. The number of rotatable bonds is 4. The fourth-order valence-electron chi connectivity index (χ4n) is 2.22. The zero-order valence-corrected chi connectivity index (χ0v) is 20.7. The molecule has 1 aromatic carbocycles. The Morgan fingerprint density at radius 1 is 0.897 bits per heavy atom. The van der Waals surface area contributed by atoms with Crippen molar-refractivity contribution in [3.63, 3.8) is 0 Å². The van der Waals surface area contributed by atoms with Crippen molar-refractivity contribution in [2.45, 2.75) is 57.0 Å². The van der Waals surface area contributed by atoms with E-state index in [4.69, 9.17) is 36.4 Å². The third-order valence-corrected chi connectivity index (χ3v) is 3.65. The summed E-state index contributed by atoms with van der Waals surface area (Å²) in [5, 5.41) is 23.2. The van der Waals surface area contributed by atoms with Crippen LogP contribution >= 0.6 is 0 Å². The van der Waals surface area contributed by atoms with Gasteiger partial charge in [0.05, 0.1) is 0 Å². The minimum absolute atomic E-state index is 0. The summed E-state index contributed by atoms with van der Waals surface area (Å²) in [6, 6.07) is 9.77. The van der Waals surface area contributed by atoms with Crippen LogP contribution in [0, 0.1) is 7.43 Å². The van der Waals surface area contributed by atoms with Crippen molar-refractivity contribution in [1.29, 1.82) is 0 Å². The first-order valence-corrected chi connectivity index (χ1v) is 8.38. The molecule has 10 heteroatoms. The van der Waals surface area contributed by atoms with Crippen molar-refractivity contribution in [3.05, 3.63) is 54.8 Å². The molecule has 0 radical (unpaired) electrons. The molecule has 0 aliphatic heterocycles. The van der Waals surface area contributed by atoms with E-state index < -0.39 is 17.9 Å². The van der Waals surface area contributed by atoms with Gasteiger partial charge in [0.15, 0.2) is 0 Å². The number of carboxylic acid groups (broad SMARTS) is 3. The molecule has 2 atom stereocenters. The van der Waals surface area contributed by atoms with Gasteiger partial charge in [0.25, 0.3) is 0 Å². The Bertz CT molecular complexity index is 539. The van der Waals surface area contributed by atoms with Crippen LogP contribution in [-0.2, 0) is 62.9 Å². The number of carbonyl (C=O) groups is 3. The average Bonchev–Trinajstić information content (AvgIpc) is 2.59. The van der Waals surface area contributed by atoms with E-state index in [2.05, 4.69) is 0 Å². The van der Waals surface area contributed by atoms with Gasteiger partial charge in [-0.2, -0.15) is 12.1 Å². The van der Waals surface area contributed by atoms with Gasteiger partial charge in [0.2, 0.25) is 0 Å². The quantitative estimate of drug-likeness (QED) is 0.309. The predicted molar refractivity (Wildman–Crippen MR) is 103 cm³/mol. The van der Waals surface area contributed by atoms with Gasteiger partial charge < -0.3 is 34.2 Å². The zero-order valence-electron chi connectivity index (χ0n) is 16.2. The molecule has 172 valence electrons. The zero-order chi connectivity index (χ0) is 19.9. The molecule has 1 saturated carbocycles. The summed E-state index contributed by atoms with van der Waals surface area (Å²) < 4.78 is 0. The first-order valence-electron chi connectivity index (χ1n) is 8.38. The smallest absolute Gasteiger partial charge is 0.676 e. The van der Waals surface area contributed by atoms with E-state index in [-0.39, 0.29) is 68.1 Å². The summed E-state index contributed by atoms with van der Waals surface area (Å²) in [6.45, 7) is 0. The summed E-state index contributed by atoms with van der Waals surface area (Å²) in [5.74, 6) is -4.36. The molecule has 0 aromatic heterocycles. The first-order chi connectivity index (χ1) is 12.2. The van der Waals surface area contributed by atoms with Gasteiger partial charge in [0.1, 0.15) is 0 Å². The molecule has 1 fully saturated rings. The fraction of sp³-hybridized carbons (Fsp3) is 0.474. The van der Waals surface area contributed by atoms with E-state index >= 15 is 0 Å². The van der Waals surface area contributed by atoms with Crippen molar-refractivity contribution < 1.29 is 71.8 Å². The molecule has 1 aliphatic rings. The van der Waals surface area contributed by atoms with E-state index in [1.165, 1.54) is 18.4 Å². The molecular weight excluding hydrogens is 742 g/mol. The second-order valence-corrected chi connectivity index (χ2v) is 5.84. The Labute approximate surface area is 201 Å². The summed E-state index contributed by atoms with van der Waals surface area (Å²) in [5.41, 5.74) is 15.8. The third-order valence-electron chi connectivity index (χ3n) is 3.65. The number of nitrogens with one attached hydrogen (secondary N) is 2. The van der Waals surface area contributed by atoms with Crippen LogP contribution in [0.2, 0.25) is 0 Å². The van der Waals surface area contributed by atoms with Crippen LogP contribution in [0.15, 0.2) is 30.3 Å². The maximum absolute atomic E-state index is 10.2. The van der Waals surface area contributed by atoms with Crippen LogP contribution in [0.1, 0.15) is 44.1 Å². The van der Waals surface area contributed by atoms with E-state index in [0.29, 0.717) is 0 Å². The molecule has 0 bridgehead atoms. The molecule has 0 saturated heterocycles. The van der Waals surface area contributed by atoms with Crippen molar-refractivity contribution >= 4 is 17.9 Å². The second kappa shape index (κ2) is 21.6. The van der Waals surface area contributed by atoms with Gasteiger partial charge >= 0.3 is 39.0 Å². The predicted octanol–water partition coefficient (Wildman–Crippen LogP) is 4.10. The summed E-state index contributed by atoms with van der Waals surface area (Å²) in [4.78, 5) is 28.4. The fourth-order valence-corrected chi connectivity index (χ4v) is 2.22. The molecule has 2 unspecified atom stereocenters. The number of carboxylic acids is 3. The van der Waals surface area contributed by atoms with Gasteiger partial charge in [-0.3, -0.25) is 4.79 Å². The molecule has 1 aromatic rings. The molecule has 2 rings (SSSR count). The Morgan fingerprint density at radius 3 is 1.62 bits per heavy atom. The minimum atomic E-state index is -1.82. The largest absolute Gasteiger partial charge is 2.00 e. The maximum atomic E-state index is 10.2. The third kappa shape index (κ3) is 21.5. The van der Waals surface area contributed by atoms with Crippen LogP contribution in [0.25, 0.3) is 11.5 Å². The van der Waals surface area contributed by atoms with Crippen molar-refractivity contribution in [2.75, 3.05) is 0 Å². The van der Waals surface area contributed by atoms with Crippen LogP contribution < -0.4 is 0 Å². The van der Waals surface area contributed by atoms with Gasteiger partial charge in [-0.1, -0.05) is 56.0 Å². The molecule has 0 amide bonds. The van der Waals surface area contributed by atoms with E-state index in [9.17, 15) is 4.79 Å². The molecule has 8 nitrogen and oxygen atoms in total. The Kier molecular flexibility index (Phi) is 26.4. The summed E-state index contributed by atoms with van der Waals surface area (Å²) >= 11 is 0.